The van der Waals surface area contributed by atoms with Crippen LogP contribution in [0.25, 0.3) is 0 Å². The van der Waals surface area contributed by atoms with Crippen LogP contribution >= 0.6 is 12.6 Å². The van der Waals surface area contributed by atoms with Gasteiger partial charge in [-0.05, 0) is 24.5 Å². The molecule has 0 heterocycles. The van der Waals surface area contributed by atoms with E-state index in [0.717, 1.165) is 12.2 Å². The second-order valence-corrected chi connectivity index (χ2v) is 3.17. The van der Waals surface area contributed by atoms with Gasteiger partial charge in [0.05, 0.1) is 0 Å². The molecule has 0 aliphatic heterocycles. The highest BCUT2D eigenvalue weighted by molar-refractivity contribution is 7.80. The Morgan fingerprint density at radius 3 is 2.55 bits per heavy atom. The molecule has 0 spiro atoms. The van der Waals surface area contributed by atoms with Crippen LogP contribution in [0, 0.1) is 5.92 Å². The van der Waals surface area contributed by atoms with E-state index in [1.807, 2.05) is 6.92 Å². The van der Waals surface area contributed by atoms with E-state index in [9.17, 15) is 4.79 Å². The Hall–Kier alpha value is -0.220. The second kappa shape index (κ2) is 5.43. The number of carbonyl (C=O) groups is 1. The topological polar surface area (TPSA) is 63.3 Å². The summed E-state index contributed by atoms with van der Waals surface area (Å²) in [5.41, 5.74) is 5.29. The van der Waals surface area contributed by atoms with Crippen molar-refractivity contribution in [2.24, 2.45) is 11.7 Å². The highest BCUT2D eigenvalue weighted by atomic mass is 32.1. The minimum absolute atomic E-state index is 0.448. The van der Waals surface area contributed by atoms with E-state index >= 15 is 0 Å². The lowest BCUT2D eigenvalue weighted by Gasteiger charge is -2.09. The molecule has 0 aliphatic carbocycles. The molecule has 0 rings (SSSR count). The molecule has 0 radical (unpaired) electrons. The van der Waals surface area contributed by atoms with E-state index in [1.54, 1.807) is 0 Å². The van der Waals surface area contributed by atoms with Crippen LogP contribution in [-0.4, -0.2) is 22.9 Å². The van der Waals surface area contributed by atoms with Gasteiger partial charge in [-0.25, -0.2) is 0 Å². The minimum atomic E-state index is -0.920. The van der Waals surface area contributed by atoms with Gasteiger partial charge in [0.25, 0.3) is 0 Å². The molecule has 11 heavy (non-hydrogen) atoms. The van der Waals surface area contributed by atoms with Crippen molar-refractivity contribution in [3.05, 3.63) is 0 Å². The summed E-state index contributed by atoms with van der Waals surface area (Å²) in [4.78, 5) is 10.3. The Kier molecular flexibility index (Phi) is 5.32. The summed E-state index contributed by atoms with van der Waals surface area (Å²) in [5.74, 6) is 0.312. The fourth-order valence-electron chi connectivity index (χ4n) is 0.679. The van der Waals surface area contributed by atoms with Crippen molar-refractivity contribution in [1.29, 1.82) is 0 Å². The van der Waals surface area contributed by atoms with Gasteiger partial charge in [0, 0.05) is 0 Å². The Bertz CT molecular complexity index is 130. The first-order valence-corrected chi connectivity index (χ1v) is 4.30. The molecule has 4 heteroatoms. The summed E-state index contributed by atoms with van der Waals surface area (Å²) >= 11 is 4.08. The summed E-state index contributed by atoms with van der Waals surface area (Å²) in [6.45, 7) is 2.03. The van der Waals surface area contributed by atoms with Crippen molar-refractivity contribution in [1.82, 2.24) is 0 Å². The van der Waals surface area contributed by atoms with Crippen LogP contribution in [0.15, 0.2) is 0 Å². The third-order valence-electron chi connectivity index (χ3n) is 1.60. The van der Waals surface area contributed by atoms with Crippen LogP contribution in [0.4, 0.5) is 0 Å². The van der Waals surface area contributed by atoms with Crippen molar-refractivity contribution in [2.45, 2.75) is 25.8 Å². The summed E-state index contributed by atoms with van der Waals surface area (Å²) < 4.78 is 0. The normalized spacial score (nSPS) is 15.9. The molecule has 0 bridgehead atoms. The monoisotopic (exact) mass is 177 g/mol. The fraction of sp³-hybridized carbons (Fsp3) is 0.857. The summed E-state index contributed by atoms with van der Waals surface area (Å²) in [6, 6.07) is -0.711. The molecule has 2 unspecified atom stereocenters. The molecular formula is C7H15NO2S. The SMILES string of the molecule is CC(CS)CCC(N)C(=O)O. The smallest absolute Gasteiger partial charge is 0.320 e. The average Bonchev–Trinajstić information content (AvgIpc) is 1.99. The summed E-state index contributed by atoms with van der Waals surface area (Å²) in [5, 5.41) is 8.42. The van der Waals surface area contributed by atoms with Gasteiger partial charge in [-0.2, -0.15) is 12.6 Å². The van der Waals surface area contributed by atoms with E-state index in [1.165, 1.54) is 0 Å². The minimum Gasteiger partial charge on any atom is -0.480 e. The number of nitrogens with two attached hydrogens (primary N) is 1. The van der Waals surface area contributed by atoms with Gasteiger partial charge in [-0.3, -0.25) is 4.79 Å². The van der Waals surface area contributed by atoms with E-state index in [0.29, 0.717) is 12.3 Å². The number of carboxylic acids is 1. The molecule has 3 nitrogen and oxygen atoms in total. The fourth-order valence-corrected chi connectivity index (χ4v) is 0.861. The first-order chi connectivity index (χ1) is 5.07. The van der Waals surface area contributed by atoms with Crippen molar-refractivity contribution >= 4 is 18.6 Å². The van der Waals surface area contributed by atoms with Crippen LogP contribution < -0.4 is 5.73 Å². The third-order valence-corrected chi connectivity index (χ3v) is 2.22. The van der Waals surface area contributed by atoms with E-state index < -0.39 is 12.0 Å². The molecule has 0 amide bonds. The van der Waals surface area contributed by atoms with Gasteiger partial charge < -0.3 is 10.8 Å². The number of hydrogen-bond acceptors (Lipinski definition) is 3. The maximum atomic E-state index is 10.3. The lowest BCUT2D eigenvalue weighted by atomic mass is 10.0. The Morgan fingerprint density at radius 1 is 1.64 bits per heavy atom. The molecular weight excluding hydrogens is 162 g/mol. The van der Waals surface area contributed by atoms with Crippen LogP contribution in [0.1, 0.15) is 19.8 Å². The first kappa shape index (κ1) is 10.8. The summed E-state index contributed by atoms with van der Waals surface area (Å²) in [7, 11) is 0. The molecule has 0 aromatic heterocycles. The molecule has 0 saturated heterocycles. The van der Waals surface area contributed by atoms with Crippen LogP contribution in [0.5, 0.6) is 0 Å². The number of rotatable bonds is 5. The average molecular weight is 177 g/mol. The van der Waals surface area contributed by atoms with Crippen LogP contribution in [-0.2, 0) is 4.79 Å². The van der Waals surface area contributed by atoms with Gasteiger partial charge in [0.15, 0.2) is 0 Å². The molecule has 66 valence electrons. The molecule has 0 aliphatic rings. The highest BCUT2D eigenvalue weighted by Gasteiger charge is 2.11. The first-order valence-electron chi connectivity index (χ1n) is 3.67. The maximum absolute atomic E-state index is 10.3. The van der Waals surface area contributed by atoms with Gasteiger partial charge in [0.2, 0.25) is 0 Å². The maximum Gasteiger partial charge on any atom is 0.320 e. The Morgan fingerprint density at radius 2 is 2.18 bits per heavy atom. The number of aliphatic carboxylic acids is 1. The lowest BCUT2D eigenvalue weighted by molar-refractivity contribution is -0.138. The zero-order chi connectivity index (χ0) is 8.85. The number of thiol groups is 1. The largest absolute Gasteiger partial charge is 0.480 e. The Balaban J connectivity index is 3.45. The predicted octanol–water partition coefficient (Wildman–Crippen LogP) is 0.744. The highest BCUT2D eigenvalue weighted by Crippen LogP contribution is 2.08. The van der Waals surface area contributed by atoms with E-state index in [4.69, 9.17) is 10.8 Å². The van der Waals surface area contributed by atoms with Gasteiger partial charge in [-0.1, -0.05) is 6.92 Å². The molecule has 0 fully saturated rings. The van der Waals surface area contributed by atoms with E-state index in [-0.39, 0.29) is 0 Å². The quantitative estimate of drug-likeness (QED) is 0.543. The molecule has 2 atom stereocenters. The zero-order valence-electron chi connectivity index (χ0n) is 6.66. The third kappa shape index (κ3) is 5.09. The van der Waals surface area contributed by atoms with Crippen LogP contribution in [0.2, 0.25) is 0 Å². The van der Waals surface area contributed by atoms with Gasteiger partial charge in [0.1, 0.15) is 6.04 Å². The Labute approximate surface area is 72.4 Å². The molecule has 0 saturated carbocycles. The molecule has 3 N–H and O–H groups in total. The standard InChI is InChI=1S/C7H15NO2S/c1-5(4-11)2-3-6(8)7(9)10/h5-6,11H,2-4,8H2,1H3,(H,9,10). The summed E-state index contributed by atoms with van der Waals surface area (Å²) in [6.07, 6.45) is 1.37. The second-order valence-electron chi connectivity index (χ2n) is 2.81. The van der Waals surface area contributed by atoms with Crippen molar-refractivity contribution in [3.8, 4) is 0 Å². The van der Waals surface area contributed by atoms with Crippen molar-refractivity contribution in [2.75, 3.05) is 5.75 Å². The van der Waals surface area contributed by atoms with Crippen molar-refractivity contribution in [3.63, 3.8) is 0 Å². The molecule has 0 aromatic carbocycles. The number of hydrogen-bond donors (Lipinski definition) is 3. The molecule has 0 aromatic rings. The zero-order valence-corrected chi connectivity index (χ0v) is 7.55. The van der Waals surface area contributed by atoms with Crippen LogP contribution in [0.3, 0.4) is 0 Å². The van der Waals surface area contributed by atoms with E-state index in [2.05, 4.69) is 12.6 Å². The van der Waals surface area contributed by atoms with Gasteiger partial charge in [-0.15, -0.1) is 0 Å². The lowest BCUT2D eigenvalue weighted by Crippen LogP contribution is -2.30. The predicted molar refractivity (Wildman–Crippen MR) is 47.9 cm³/mol. The number of carboxylic acid groups (broad SMARTS) is 1. The van der Waals surface area contributed by atoms with Gasteiger partial charge >= 0.3 is 5.97 Å². The van der Waals surface area contributed by atoms with Crippen molar-refractivity contribution < 1.29 is 9.90 Å².